The summed E-state index contributed by atoms with van der Waals surface area (Å²) in [7, 11) is 0. The maximum Gasteiger partial charge on any atom is 0.146 e. The summed E-state index contributed by atoms with van der Waals surface area (Å²) in [6.07, 6.45) is 0.949. The Morgan fingerprint density at radius 3 is 2.85 bits per heavy atom. The minimum atomic E-state index is -0.124. The van der Waals surface area contributed by atoms with Crippen LogP contribution < -0.4 is 5.32 Å². The number of benzene rings is 1. The SMILES string of the molecule is CC(C)C1Cc2cccc(F)c2N1. The van der Waals surface area contributed by atoms with E-state index in [1.165, 1.54) is 6.07 Å². The van der Waals surface area contributed by atoms with Crippen molar-refractivity contribution < 1.29 is 4.39 Å². The van der Waals surface area contributed by atoms with Gasteiger partial charge in [-0.15, -0.1) is 0 Å². The van der Waals surface area contributed by atoms with Crippen LogP contribution in [0.2, 0.25) is 0 Å². The summed E-state index contributed by atoms with van der Waals surface area (Å²) in [6, 6.07) is 5.67. The summed E-state index contributed by atoms with van der Waals surface area (Å²) in [5.41, 5.74) is 1.82. The van der Waals surface area contributed by atoms with Gasteiger partial charge >= 0.3 is 0 Å². The van der Waals surface area contributed by atoms with Gasteiger partial charge in [-0.25, -0.2) is 4.39 Å². The molecule has 1 unspecified atom stereocenters. The second kappa shape index (κ2) is 3.02. The summed E-state index contributed by atoms with van der Waals surface area (Å²) < 4.78 is 13.3. The first-order valence-electron chi connectivity index (χ1n) is 4.72. The summed E-state index contributed by atoms with van der Waals surface area (Å²) in [5.74, 6) is 0.424. The number of hydrogen-bond acceptors (Lipinski definition) is 1. The van der Waals surface area contributed by atoms with Crippen LogP contribution in [0.5, 0.6) is 0 Å². The van der Waals surface area contributed by atoms with Gasteiger partial charge in [-0.05, 0) is 24.0 Å². The Bertz CT molecular complexity index is 320. The smallest absolute Gasteiger partial charge is 0.146 e. The van der Waals surface area contributed by atoms with Crippen LogP contribution in [0, 0.1) is 11.7 Å². The van der Waals surface area contributed by atoms with E-state index in [4.69, 9.17) is 0 Å². The van der Waals surface area contributed by atoms with Gasteiger partial charge in [0.15, 0.2) is 0 Å². The highest BCUT2D eigenvalue weighted by atomic mass is 19.1. The normalized spacial score (nSPS) is 20.2. The van der Waals surface area contributed by atoms with Gasteiger partial charge in [-0.2, -0.15) is 0 Å². The fourth-order valence-electron chi connectivity index (χ4n) is 1.78. The zero-order valence-electron chi connectivity index (χ0n) is 7.97. The maximum absolute atomic E-state index is 13.3. The van der Waals surface area contributed by atoms with Crippen molar-refractivity contribution in [3.05, 3.63) is 29.6 Å². The van der Waals surface area contributed by atoms with Crippen LogP contribution in [0.4, 0.5) is 10.1 Å². The van der Waals surface area contributed by atoms with Crippen LogP contribution >= 0.6 is 0 Å². The van der Waals surface area contributed by atoms with Crippen molar-refractivity contribution in [1.82, 2.24) is 0 Å². The third kappa shape index (κ3) is 1.41. The van der Waals surface area contributed by atoms with Crippen molar-refractivity contribution in [2.24, 2.45) is 5.92 Å². The van der Waals surface area contributed by atoms with Crippen LogP contribution in [0.1, 0.15) is 19.4 Å². The Hall–Kier alpha value is -1.05. The van der Waals surface area contributed by atoms with E-state index in [0.717, 1.165) is 12.0 Å². The molecule has 0 bridgehead atoms. The molecule has 1 aromatic rings. The molecule has 13 heavy (non-hydrogen) atoms. The average molecular weight is 179 g/mol. The molecule has 1 atom stereocenters. The van der Waals surface area contributed by atoms with E-state index in [1.54, 1.807) is 6.07 Å². The average Bonchev–Trinajstić information content (AvgIpc) is 2.49. The fraction of sp³-hybridized carbons (Fsp3) is 0.455. The minimum Gasteiger partial charge on any atom is -0.379 e. The van der Waals surface area contributed by atoms with Crippen molar-refractivity contribution >= 4 is 5.69 Å². The molecule has 0 saturated heterocycles. The lowest BCUT2D eigenvalue weighted by Crippen LogP contribution is -2.22. The molecule has 0 saturated carbocycles. The van der Waals surface area contributed by atoms with Crippen molar-refractivity contribution in [3.63, 3.8) is 0 Å². The van der Waals surface area contributed by atoms with Gasteiger partial charge in [0.05, 0.1) is 5.69 Å². The topological polar surface area (TPSA) is 12.0 Å². The van der Waals surface area contributed by atoms with E-state index in [9.17, 15) is 4.39 Å². The van der Waals surface area contributed by atoms with E-state index < -0.39 is 0 Å². The standard InChI is InChI=1S/C11H14FN/c1-7(2)10-6-8-4-3-5-9(12)11(8)13-10/h3-5,7,10,13H,6H2,1-2H3. The molecule has 1 aliphatic rings. The van der Waals surface area contributed by atoms with Crippen LogP contribution in [-0.2, 0) is 6.42 Å². The Kier molecular flexibility index (Phi) is 1.98. The van der Waals surface area contributed by atoms with Gasteiger partial charge in [0.1, 0.15) is 5.82 Å². The largest absolute Gasteiger partial charge is 0.379 e. The molecule has 1 nitrogen and oxygen atoms in total. The summed E-state index contributed by atoms with van der Waals surface area (Å²) in [5, 5.41) is 3.23. The van der Waals surface area contributed by atoms with Gasteiger partial charge in [-0.3, -0.25) is 0 Å². The quantitative estimate of drug-likeness (QED) is 0.699. The molecule has 0 aliphatic carbocycles. The molecule has 1 N–H and O–H groups in total. The summed E-state index contributed by atoms with van der Waals surface area (Å²) in [4.78, 5) is 0. The van der Waals surface area contributed by atoms with E-state index in [-0.39, 0.29) is 5.82 Å². The van der Waals surface area contributed by atoms with Crippen molar-refractivity contribution in [2.45, 2.75) is 26.3 Å². The molecular weight excluding hydrogens is 165 g/mol. The van der Waals surface area contributed by atoms with Crippen molar-refractivity contribution in [1.29, 1.82) is 0 Å². The number of halogens is 1. The number of rotatable bonds is 1. The second-order valence-corrected chi connectivity index (χ2v) is 3.97. The summed E-state index contributed by atoms with van der Waals surface area (Å²) >= 11 is 0. The number of fused-ring (bicyclic) bond motifs is 1. The highest BCUT2D eigenvalue weighted by Gasteiger charge is 2.24. The second-order valence-electron chi connectivity index (χ2n) is 3.97. The molecule has 2 rings (SSSR count). The molecule has 0 aromatic heterocycles. The van der Waals surface area contributed by atoms with Crippen molar-refractivity contribution in [2.75, 3.05) is 5.32 Å². The molecule has 1 aliphatic heterocycles. The summed E-state index contributed by atoms with van der Waals surface area (Å²) in [6.45, 7) is 4.31. The zero-order valence-corrected chi connectivity index (χ0v) is 7.97. The number of anilines is 1. The molecule has 0 spiro atoms. The monoisotopic (exact) mass is 179 g/mol. The maximum atomic E-state index is 13.3. The highest BCUT2D eigenvalue weighted by molar-refractivity contribution is 5.57. The third-order valence-corrected chi connectivity index (χ3v) is 2.67. The van der Waals surface area contributed by atoms with E-state index in [2.05, 4.69) is 19.2 Å². The predicted octanol–water partition coefficient (Wildman–Crippen LogP) is 2.82. The number of nitrogens with one attached hydrogen (secondary N) is 1. The lowest BCUT2D eigenvalue weighted by molar-refractivity contribution is 0.537. The zero-order chi connectivity index (χ0) is 9.42. The minimum absolute atomic E-state index is 0.124. The number of hydrogen-bond donors (Lipinski definition) is 1. The first-order valence-corrected chi connectivity index (χ1v) is 4.72. The Balaban J connectivity index is 2.30. The van der Waals surface area contributed by atoms with Crippen LogP contribution in [0.25, 0.3) is 0 Å². The lowest BCUT2D eigenvalue weighted by atomic mass is 10.0. The molecule has 0 amide bonds. The Morgan fingerprint density at radius 1 is 1.46 bits per heavy atom. The van der Waals surface area contributed by atoms with Crippen LogP contribution in [0.3, 0.4) is 0 Å². The Labute approximate surface area is 78.0 Å². The molecule has 1 heterocycles. The lowest BCUT2D eigenvalue weighted by Gasteiger charge is -2.14. The van der Waals surface area contributed by atoms with E-state index in [1.807, 2.05) is 6.07 Å². The third-order valence-electron chi connectivity index (χ3n) is 2.67. The van der Waals surface area contributed by atoms with Gasteiger partial charge < -0.3 is 5.32 Å². The molecule has 0 fully saturated rings. The molecule has 70 valence electrons. The first-order chi connectivity index (χ1) is 6.18. The predicted molar refractivity (Wildman–Crippen MR) is 52.4 cm³/mol. The molecule has 0 radical (unpaired) electrons. The van der Waals surface area contributed by atoms with Crippen molar-refractivity contribution in [3.8, 4) is 0 Å². The molecular formula is C11H14FN. The van der Waals surface area contributed by atoms with Gasteiger partial charge in [0, 0.05) is 6.04 Å². The van der Waals surface area contributed by atoms with Gasteiger partial charge in [0.2, 0.25) is 0 Å². The van der Waals surface area contributed by atoms with E-state index >= 15 is 0 Å². The molecule has 1 aromatic carbocycles. The van der Waals surface area contributed by atoms with Crippen LogP contribution in [0.15, 0.2) is 18.2 Å². The van der Waals surface area contributed by atoms with Crippen LogP contribution in [-0.4, -0.2) is 6.04 Å². The van der Waals surface area contributed by atoms with Gasteiger partial charge in [0.25, 0.3) is 0 Å². The number of para-hydroxylation sites is 1. The highest BCUT2D eigenvalue weighted by Crippen LogP contribution is 2.30. The first kappa shape index (κ1) is 8.54. The Morgan fingerprint density at radius 2 is 2.23 bits per heavy atom. The molecule has 2 heteroatoms. The van der Waals surface area contributed by atoms with E-state index in [0.29, 0.717) is 17.6 Å². The fourth-order valence-corrected chi connectivity index (χ4v) is 1.78. The van der Waals surface area contributed by atoms with Gasteiger partial charge in [-0.1, -0.05) is 26.0 Å².